The molecule has 40 heavy (non-hydrogen) atoms. The normalized spacial score (nSPS) is 16.4. The van der Waals surface area contributed by atoms with Crippen LogP contribution in [0.5, 0.6) is 0 Å². The van der Waals surface area contributed by atoms with Gasteiger partial charge in [-0.3, -0.25) is 0 Å². The maximum absolute atomic E-state index is 3.64. The zero-order valence-electron chi connectivity index (χ0n) is 22.9. The van der Waals surface area contributed by atoms with Crippen molar-refractivity contribution < 1.29 is 51.0 Å². The van der Waals surface area contributed by atoms with Gasteiger partial charge in [0.15, 0.2) is 0 Å². The molecule has 2 atom stereocenters. The fourth-order valence-corrected chi connectivity index (χ4v) is 7.85. The number of hydrogen-bond donors (Lipinski definition) is 0. The first kappa shape index (κ1) is 28.9. The first-order valence-electron chi connectivity index (χ1n) is 13.2. The summed E-state index contributed by atoms with van der Waals surface area (Å²) in [4.78, 5) is 0. The molecule has 2 aliphatic rings. The van der Waals surface area contributed by atoms with Gasteiger partial charge in [-0.05, 0) is 50.5 Å². The van der Waals surface area contributed by atoms with Crippen molar-refractivity contribution in [1.29, 1.82) is 0 Å². The summed E-state index contributed by atoms with van der Waals surface area (Å²) in [6.45, 7) is 4.98. The van der Waals surface area contributed by atoms with Crippen LogP contribution in [0.1, 0.15) is 47.9 Å². The van der Waals surface area contributed by atoms with E-state index in [4.69, 9.17) is 0 Å². The summed E-state index contributed by atoms with van der Waals surface area (Å²) in [6.07, 6.45) is 0. The molecule has 2 aromatic heterocycles. The molecule has 0 bridgehead atoms. The molecule has 5 heteroatoms. The first-order valence-corrected chi connectivity index (χ1v) is 13.2. The third kappa shape index (κ3) is 3.51. The number of rotatable bonds is 2. The van der Waals surface area contributed by atoms with E-state index in [0.29, 0.717) is 0 Å². The van der Waals surface area contributed by atoms with Crippen LogP contribution in [0, 0.1) is 17.5 Å². The molecule has 0 aliphatic heterocycles. The van der Waals surface area contributed by atoms with E-state index in [1.54, 1.807) is 0 Å². The number of benzene rings is 4. The Morgan fingerprint density at radius 1 is 0.600 bits per heavy atom. The average molecular weight is 639 g/mol. The number of aromatic nitrogens is 2. The molecule has 0 spiro atoms. The molecule has 0 saturated carbocycles. The van der Waals surface area contributed by atoms with Crippen LogP contribution in [0.4, 0.5) is 0 Å². The number of fused-ring (bicyclic) bond motifs is 10. The van der Waals surface area contributed by atoms with Gasteiger partial charge in [-0.2, -0.15) is 0 Å². The Morgan fingerprint density at radius 2 is 1.00 bits per heavy atom. The Bertz CT molecular complexity index is 1770. The summed E-state index contributed by atoms with van der Waals surface area (Å²) in [6, 6.07) is 38.2. The second kappa shape index (κ2) is 10.1. The molecular weight excluding hydrogens is 611 g/mol. The van der Waals surface area contributed by atoms with Gasteiger partial charge in [-0.1, -0.05) is 73.5 Å². The van der Waals surface area contributed by atoms with E-state index in [1.807, 2.05) is 0 Å². The molecule has 2 nitrogen and oxygen atoms in total. The zero-order valence-corrected chi connectivity index (χ0v) is 26.9. The molecule has 4 aromatic carbocycles. The first-order chi connectivity index (χ1) is 18.0. The Morgan fingerprint density at radius 3 is 1.43 bits per heavy atom. The van der Waals surface area contributed by atoms with Gasteiger partial charge in [0.05, 0.1) is 0 Å². The summed E-state index contributed by atoms with van der Waals surface area (Å²) in [7, 11) is 4.42. The van der Waals surface area contributed by atoms with Gasteiger partial charge < -0.3 is 33.9 Å². The number of hydrogen-bond acceptors (Lipinski definition) is 0. The Balaban J connectivity index is 0.00000108. The Labute approximate surface area is 267 Å². The molecule has 196 valence electrons. The largest absolute Gasteiger partial charge is 4.00 e. The van der Waals surface area contributed by atoms with Crippen LogP contribution in [0.25, 0.3) is 44.3 Å². The minimum absolute atomic E-state index is 0. The molecule has 0 radical (unpaired) electrons. The summed E-state index contributed by atoms with van der Waals surface area (Å²) >= 11 is 0. The van der Waals surface area contributed by atoms with Crippen LogP contribution in [0.15, 0.2) is 84.9 Å². The van der Waals surface area contributed by atoms with Crippen LogP contribution in [0.3, 0.4) is 0 Å². The Kier molecular flexibility index (Phi) is 7.27. The smallest absolute Gasteiger partial charge is 1.00 e. The van der Waals surface area contributed by atoms with Crippen molar-refractivity contribution in [3.63, 3.8) is 0 Å². The van der Waals surface area contributed by atoms with E-state index in [9.17, 15) is 0 Å². The number of aryl methyl sites for hydroxylation is 2. The maximum atomic E-state index is 3.64. The van der Waals surface area contributed by atoms with Crippen molar-refractivity contribution in [2.75, 3.05) is 0 Å². The molecule has 2 heterocycles. The molecule has 0 N–H and O–H groups in total. The maximum Gasteiger partial charge on any atom is 4.00 e. The molecule has 8 rings (SSSR count). The van der Waals surface area contributed by atoms with E-state index in [-0.39, 0.29) is 68.3 Å². The quantitative estimate of drug-likeness (QED) is 0.258. The predicted molar refractivity (Wildman–Crippen MR) is 152 cm³/mol. The SMILES string of the molecule is Cn1c2c(c3[c-]cccc31)C(C(C)(C)C1c3ccccc3-c3c1c1[c-]cccc1n3C)c1ccccc1-2.[Cl-].[Cl-].[Zr+4]. The van der Waals surface area contributed by atoms with E-state index < -0.39 is 0 Å². The second-order valence-electron chi connectivity index (χ2n) is 11.4. The van der Waals surface area contributed by atoms with Crippen LogP contribution >= 0.6 is 0 Å². The topological polar surface area (TPSA) is 9.86 Å². The molecule has 0 amide bonds. The average Bonchev–Trinajstić information content (AvgIpc) is 3.62. The van der Waals surface area contributed by atoms with Crippen molar-refractivity contribution in [1.82, 2.24) is 9.13 Å². The monoisotopic (exact) mass is 636 g/mol. The molecule has 0 saturated heterocycles. The molecule has 2 aliphatic carbocycles. The number of halogens is 2. The second-order valence-corrected chi connectivity index (χ2v) is 11.4. The van der Waals surface area contributed by atoms with Gasteiger partial charge in [0.25, 0.3) is 0 Å². The zero-order chi connectivity index (χ0) is 25.1. The molecular formula is C35H28Cl2N2Zr. The van der Waals surface area contributed by atoms with Crippen LogP contribution in [-0.2, 0) is 40.3 Å². The van der Waals surface area contributed by atoms with Crippen molar-refractivity contribution >= 4 is 21.8 Å². The fourth-order valence-electron chi connectivity index (χ4n) is 7.85. The van der Waals surface area contributed by atoms with Gasteiger partial charge in [-0.15, -0.1) is 59.3 Å². The van der Waals surface area contributed by atoms with Crippen molar-refractivity contribution in [3.05, 3.63) is 119 Å². The van der Waals surface area contributed by atoms with E-state index in [2.05, 4.69) is 134 Å². The predicted octanol–water partition coefficient (Wildman–Crippen LogP) is 2.23. The van der Waals surface area contributed by atoms with E-state index in [1.165, 1.54) is 66.6 Å². The third-order valence-corrected chi connectivity index (χ3v) is 9.23. The van der Waals surface area contributed by atoms with Crippen molar-refractivity contribution in [3.8, 4) is 22.5 Å². The standard InChI is InChI=1S/C35H28N2.2ClH.Zr/c1-35(2,31-21-13-5-7-15-23(21)33-29(31)25-17-9-11-19-27(25)36(33)3)32-22-14-6-8-16-24(22)34-30(32)26-18-10-12-20-28(26)37(34)4;;;/h5-16,19-20,31-32H,1-4H3;2*1H;/q-2;;;+4/p-2. The molecule has 2 unspecified atom stereocenters. The summed E-state index contributed by atoms with van der Waals surface area (Å²) in [5.41, 5.74) is 13.5. The molecule has 6 aromatic rings. The van der Waals surface area contributed by atoms with E-state index in [0.717, 1.165) is 0 Å². The summed E-state index contributed by atoms with van der Waals surface area (Å²) in [5, 5.41) is 2.51. The molecule has 0 fully saturated rings. The van der Waals surface area contributed by atoms with Crippen molar-refractivity contribution in [2.45, 2.75) is 25.7 Å². The van der Waals surface area contributed by atoms with Gasteiger partial charge in [-0.25, -0.2) is 0 Å². The van der Waals surface area contributed by atoms with E-state index >= 15 is 0 Å². The van der Waals surface area contributed by atoms with Crippen LogP contribution < -0.4 is 24.8 Å². The summed E-state index contributed by atoms with van der Waals surface area (Å²) in [5.74, 6) is 0.480. The van der Waals surface area contributed by atoms with Crippen LogP contribution in [-0.4, -0.2) is 9.13 Å². The van der Waals surface area contributed by atoms with Crippen molar-refractivity contribution in [2.24, 2.45) is 19.5 Å². The van der Waals surface area contributed by atoms with Gasteiger partial charge in [0, 0.05) is 25.5 Å². The van der Waals surface area contributed by atoms with Crippen LogP contribution in [0.2, 0.25) is 0 Å². The van der Waals surface area contributed by atoms with Gasteiger partial charge in [0.2, 0.25) is 0 Å². The third-order valence-electron chi connectivity index (χ3n) is 9.23. The van der Waals surface area contributed by atoms with Gasteiger partial charge >= 0.3 is 26.2 Å². The Hall–Kier alpha value is -2.58. The minimum Gasteiger partial charge on any atom is -1.00 e. The number of nitrogens with zero attached hydrogens (tertiary/aromatic N) is 2. The minimum atomic E-state index is -0.112. The fraction of sp³-hybridized carbons (Fsp3) is 0.200. The van der Waals surface area contributed by atoms with Gasteiger partial charge in [0.1, 0.15) is 0 Å². The summed E-state index contributed by atoms with van der Waals surface area (Å²) < 4.78 is 4.77.